The third-order valence-corrected chi connectivity index (χ3v) is 4.55. The number of fused-ring (bicyclic) bond motifs is 2. The van der Waals surface area contributed by atoms with Gasteiger partial charge in [0.2, 0.25) is 5.95 Å². The van der Waals surface area contributed by atoms with Gasteiger partial charge in [-0.3, -0.25) is 0 Å². The van der Waals surface area contributed by atoms with E-state index < -0.39 is 6.10 Å². The van der Waals surface area contributed by atoms with E-state index in [4.69, 9.17) is 4.52 Å². The van der Waals surface area contributed by atoms with Crippen LogP contribution in [0.2, 0.25) is 0 Å². The lowest BCUT2D eigenvalue weighted by molar-refractivity contribution is 0.208. The maximum Gasteiger partial charge on any atom is 0.204 e. The predicted molar refractivity (Wildman–Crippen MR) is 92.2 cm³/mol. The van der Waals surface area contributed by atoms with E-state index in [1.54, 1.807) is 6.92 Å². The molecule has 0 spiro atoms. The Bertz CT molecular complexity index is 850. The zero-order valence-corrected chi connectivity index (χ0v) is 13.8. The molecule has 0 bridgehead atoms. The van der Waals surface area contributed by atoms with Crippen LogP contribution in [0.1, 0.15) is 36.8 Å². The van der Waals surface area contributed by atoms with Crippen LogP contribution in [0.3, 0.4) is 0 Å². The number of nitrogens with zero attached hydrogens (tertiary/aromatic N) is 3. The molecule has 2 N–H and O–H groups in total. The summed E-state index contributed by atoms with van der Waals surface area (Å²) in [4.78, 5) is 4.66. The van der Waals surface area contributed by atoms with E-state index in [9.17, 15) is 5.11 Å². The molecule has 1 aromatic carbocycles. The molecule has 126 valence electrons. The molecule has 6 nitrogen and oxygen atoms in total. The maximum atomic E-state index is 9.57. The number of aryl methyl sites for hydroxylation is 1. The summed E-state index contributed by atoms with van der Waals surface area (Å²) in [6, 6.07) is 8.05. The SMILES string of the molecule is C[C@@H](O)CNc1nc2ccccc2n1Cc1noc2c1CCCC2. The first-order chi connectivity index (χ1) is 11.7. The largest absolute Gasteiger partial charge is 0.392 e. The second kappa shape index (κ2) is 6.28. The number of rotatable bonds is 5. The maximum absolute atomic E-state index is 9.57. The summed E-state index contributed by atoms with van der Waals surface area (Å²) in [5, 5.41) is 17.1. The van der Waals surface area contributed by atoms with E-state index in [0.717, 1.165) is 41.3 Å². The molecule has 2 aromatic heterocycles. The second-order valence-electron chi connectivity index (χ2n) is 6.48. The van der Waals surface area contributed by atoms with Crippen LogP contribution in [-0.2, 0) is 19.4 Å². The average molecular weight is 326 g/mol. The highest BCUT2D eigenvalue weighted by Crippen LogP contribution is 2.27. The van der Waals surface area contributed by atoms with Crippen LogP contribution < -0.4 is 5.32 Å². The summed E-state index contributed by atoms with van der Waals surface area (Å²) in [5.41, 5.74) is 4.24. The van der Waals surface area contributed by atoms with Gasteiger partial charge in [-0.2, -0.15) is 0 Å². The summed E-state index contributed by atoms with van der Waals surface area (Å²) < 4.78 is 7.66. The lowest BCUT2D eigenvalue weighted by Crippen LogP contribution is -2.18. The molecule has 0 unspecified atom stereocenters. The van der Waals surface area contributed by atoms with Crippen molar-refractivity contribution >= 4 is 17.0 Å². The molecule has 2 heterocycles. The molecule has 1 aliphatic rings. The third-order valence-electron chi connectivity index (χ3n) is 4.55. The van der Waals surface area contributed by atoms with Gasteiger partial charge in [-0.25, -0.2) is 4.98 Å². The Morgan fingerprint density at radius 1 is 1.29 bits per heavy atom. The number of nitrogens with one attached hydrogen (secondary N) is 1. The van der Waals surface area contributed by atoms with E-state index >= 15 is 0 Å². The molecular weight excluding hydrogens is 304 g/mol. The Hall–Kier alpha value is -2.34. The van der Waals surface area contributed by atoms with Crippen molar-refractivity contribution in [1.29, 1.82) is 0 Å². The first-order valence-electron chi connectivity index (χ1n) is 8.56. The number of imidazole rings is 1. The Morgan fingerprint density at radius 2 is 2.12 bits per heavy atom. The zero-order valence-electron chi connectivity index (χ0n) is 13.8. The van der Waals surface area contributed by atoms with Crippen LogP contribution in [-0.4, -0.2) is 32.5 Å². The monoisotopic (exact) mass is 326 g/mol. The number of benzene rings is 1. The summed E-state index contributed by atoms with van der Waals surface area (Å²) in [7, 11) is 0. The van der Waals surface area contributed by atoms with E-state index in [-0.39, 0.29) is 0 Å². The van der Waals surface area contributed by atoms with Crippen molar-refractivity contribution in [2.75, 3.05) is 11.9 Å². The van der Waals surface area contributed by atoms with E-state index in [2.05, 4.69) is 26.1 Å². The summed E-state index contributed by atoms with van der Waals surface area (Å²) in [5.74, 6) is 1.80. The van der Waals surface area contributed by atoms with E-state index in [1.807, 2.05) is 18.2 Å². The number of hydrogen-bond acceptors (Lipinski definition) is 5. The molecule has 0 saturated carbocycles. The Kier molecular flexibility index (Phi) is 3.98. The normalized spacial score (nSPS) is 15.4. The van der Waals surface area contributed by atoms with Gasteiger partial charge in [0.25, 0.3) is 0 Å². The molecule has 0 radical (unpaired) electrons. The molecule has 1 atom stereocenters. The van der Waals surface area contributed by atoms with Crippen molar-refractivity contribution in [3.8, 4) is 0 Å². The molecule has 4 rings (SSSR count). The van der Waals surface area contributed by atoms with Crippen LogP contribution in [0.4, 0.5) is 5.95 Å². The average Bonchev–Trinajstić information content (AvgIpc) is 3.16. The molecular formula is C18H22N4O2. The van der Waals surface area contributed by atoms with Crippen molar-refractivity contribution < 1.29 is 9.63 Å². The minimum absolute atomic E-state index is 0.432. The van der Waals surface area contributed by atoms with Crippen LogP contribution in [0.15, 0.2) is 28.8 Å². The molecule has 0 amide bonds. The number of hydrogen-bond donors (Lipinski definition) is 2. The number of aliphatic hydroxyl groups is 1. The quantitative estimate of drug-likeness (QED) is 0.754. The van der Waals surface area contributed by atoms with Crippen LogP contribution in [0.25, 0.3) is 11.0 Å². The van der Waals surface area contributed by atoms with Crippen molar-refractivity contribution in [3.63, 3.8) is 0 Å². The smallest absolute Gasteiger partial charge is 0.204 e. The highest BCUT2D eigenvalue weighted by molar-refractivity contribution is 5.78. The van der Waals surface area contributed by atoms with Crippen molar-refractivity contribution in [1.82, 2.24) is 14.7 Å². The van der Waals surface area contributed by atoms with Gasteiger partial charge in [0.05, 0.1) is 23.7 Å². The van der Waals surface area contributed by atoms with E-state index in [0.29, 0.717) is 13.1 Å². The topological polar surface area (TPSA) is 76.1 Å². The molecule has 0 fully saturated rings. The Balaban J connectivity index is 1.71. The van der Waals surface area contributed by atoms with Gasteiger partial charge in [0, 0.05) is 18.5 Å². The van der Waals surface area contributed by atoms with Crippen molar-refractivity contribution in [2.45, 2.75) is 45.3 Å². The molecule has 1 aliphatic carbocycles. The summed E-state index contributed by atoms with van der Waals surface area (Å²) in [6.45, 7) is 2.84. The first-order valence-corrected chi connectivity index (χ1v) is 8.56. The zero-order chi connectivity index (χ0) is 16.5. The molecule has 6 heteroatoms. The highest BCUT2D eigenvalue weighted by Gasteiger charge is 2.21. The number of para-hydroxylation sites is 2. The van der Waals surface area contributed by atoms with Gasteiger partial charge in [-0.05, 0) is 38.3 Å². The Labute approximate surface area is 140 Å². The van der Waals surface area contributed by atoms with Gasteiger partial charge in [-0.1, -0.05) is 17.3 Å². The number of aliphatic hydroxyl groups excluding tert-OH is 1. The van der Waals surface area contributed by atoms with Gasteiger partial charge >= 0.3 is 0 Å². The molecule has 0 saturated heterocycles. The van der Waals surface area contributed by atoms with Gasteiger partial charge in [0.15, 0.2) is 0 Å². The minimum Gasteiger partial charge on any atom is -0.392 e. The Morgan fingerprint density at radius 3 is 3.00 bits per heavy atom. The van der Waals surface area contributed by atoms with Gasteiger partial charge in [0.1, 0.15) is 11.5 Å². The second-order valence-corrected chi connectivity index (χ2v) is 6.48. The third kappa shape index (κ3) is 2.78. The fourth-order valence-corrected chi connectivity index (χ4v) is 3.33. The van der Waals surface area contributed by atoms with Gasteiger partial charge in [-0.15, -0.1) is 0 Å². The molecule has 3 aromatic rings. The fraction of sp³-hybridized carbons (Fsp3) is 0.444. The highest BCUT2D eigenvalue weighted by atomic mass is 16.5. The summed E-state index contributed by atoms with van der Waals surface area (Å²) in [6.07, 6.45) is 3.96. The van der Waals surface area contributed by atoms with Crippen LogP contribution in [0, 0.1) is 0 Å². The summed E-state index contributed by atoms with van der Waals surface area (Å²) >= 11 is 0. The number of anilines is 1. The standard InChI is InChI=1S/C18H22N4O2/c1-12(23)10-19-18-20-14-7-3-4-8-16(14)22(18)11-15-13-6-2-5-9-17(13)24-21-15/h3-4,7-8,12,23H,2,5-6,9-11H2,1H3,(H,19,20)/t12-/m1/s1. The van der Waals surface area contributed by atoms with Crippen molar-refractivity contribution in [3.05, 3.63) is 41.3 Å². The first kappa shape index (κ1) is 15.2. The van der Waals surface area contributed by atoms with Gasteiger partial charge < -0.3 is 19.5 Å². The molecule has 0 aliphatic heterocycles. The van der Waals surface area contributed by atoms with E-state index in [1.165, 1.54) is 18.4 Å². The number of aromatic nitrogens is 3. The van der Waals surface area contributed by atoms with Crippen LogP contribution >= 0.6 is 0 Å². The lowest BCUT2D eigenvalue weighted by atomic mass is 9.96. The molecule has 24 heavy (non-hydrogen) atoms. The fourth-order valence-electron chi connectivity index (χ4n) is 3.33. The minimum atomic E-state index is -0.432. The van der Waals surface area contributed by atoms with Crippen molar-refractivity contribution in [2.24, 2.45) is 0 Å². The van der Waals surface area contributed by atoms with Crippen LogP contribution in [0.5, 0.6) is 0 Å². The lowest BCUT2D eigenvalue weighted by Gasteiger charge is -2.13. The predicted octanol–water partition coefficient (Wildman–Crippen LogP) is 2.74.